The van der Waals surface area contributed by atoms with Gasteiger partial charge in [-0.3, -0.25) is 9.59 Å². The summed E-state index contributed by atoms with van der Waals surface area (Å²) in [5, 5.41) is 3.89. The Morgan fingerprint density at radius 1 is 0.886 bits per heavy atom. The fourth-order valence-corrected chi connectivity index (χ4v) is 6.72. The van der Waals surface area contributed by atoms with Gasteiger partial charge in [-0.2, -0.15) is 4.31 Å². The third kappa shape index (κ3) is 7.54. The molecule has 12 heteroatoms. The lowest BCUT2D eigenvalue weighted by atomic mass is 10.1. The van der Waals surface area contributed by atoms with Gasteiger partial charge in [0.2, 0.25) is 15.9 Å². The normalized spacial score (nSPS) is 14.5. The Morgan fingerprint density at radius 3 is 2.30 bits per heavy atom. The highest BCUT2D eigenvalue weighted by Crippen LogP contribution is 2.34. The van der Waals surface area contributed by atoms with Crippen molar-refractivity contribution in [2.45, 2.75) is 24.0 Å². The molecule has 44 heavy (non-hydrogen) atoms. The standard InChI is InChI=1S/C32H28Cl3N3O5S/c33-24-12-14-26(15-13-24)44(41,42)37(19-23-10-11-25(34)18-27(23)35)21-31(39)38-20-30(43-29-9-5-4-8-28(29)38)32(40)36-17-16-22-6-2-1-3-7-22/h1-15,18,30H,16-17,19-21H2,(H,36,40). The Morgan fingerprint density at radius 2 is 1.57 bits per heavy atom. The van der Waals surface area contributed by atoms with Crippen molar-refractivity contribution in [3.63, 3.8) is 0 Å². The summed E-state index contributed by atoms with van der Waals surface area (Å²) >= 11 is 18.5. The number of nitrogens with zero attached hydrogens (tertiary/aromatic N) is 2. The van der Waals surface area contributed by atoms with E-state index < -0.39 is 28.6 Å². The number of fused-ring (bicyclic) bond motifs is 1. The molecule has 1 aliphatic heterocycles. The van der Waals surface area contributed by atoms with Crippen LogP contribution in [0.5, 0.6) is 5.75 Å². The van der Waals surface area contributed by atoms with Crippen LogP contribution in [0.15, 0.2) is 102 Å². The van der Waals surface area contributed by atoms with Crippen LogP contribution in [0, 0.1) is 0 Å². The third-order valence-corrected chi connectivity index (χ3v) is 9.69. The van der Waals surface area contributed by atoms with Crippen molar-refractivity contribution < 1.29 is 22.7 Å². The van der Waals surface area contributed by atoms with Crippen molar-refractivity contribution in [1.29, 1.82) is 0 Å². The van der Waals surface area contributed by atoms with E-state index in [1.54, 1.807) is 36.4 Å². The van der Waals surface area contributed by atoms with E-state index in [1.165, 1.54) is 35.2 Å². The molecule has 1 N–H and O–H groups in total. The van der Waals surface area contributed by atoms with Crippen LogP contribution in [-0.2, 0) is 32.6 Å². The fourth-order valence-electron chi connectivity index (χ4n) is 4.75. The average molecular weight is 673 g/mol. The number of carbonyl (C=O) groups excluding carboxylic acids is 2. The van der Waals surface area contributed by atoms with Crippen molar-refractivity contribution >= 4 is 62.3 Å². The Balaban J connectivity index is 1.39. The molecule has 1 unspecified atom stereocenters. The summed E-state index contributed by atoms with van der Waals surface area (Å²) < 4.78 is 34.7. The number of nitrogens with one attached hydrogen (secondary N) is 1. The largest absolute Gasteiger partial charge is 0.477 e. The van der Waals surface area contributed by atoms with Gasteiger partial charge in [0, 0.05) is 28.2 Å². The zero-order chi connectivity index (χ0) is 31.3. The molecule has 8 nitrogen and oxygen atoms in total. The van der Waals surface area contributed by atoms with Crippen LogP contribution >= 0.6 is 34.8 Å². The number of ether oxygens (including phenoxy) is 1. The van der Waals surface area contributed by atoms with Crippen LogP contribution in [0.3, 0.4) is 0 Å². The summed E-state index contributed by atoms with van der Waals surface area (Å²) in [6.45, 7) is -0.473. The third-order valence-electron chi connectivity index (χ3n) is 7.05. The van der Waals surface area contributed by atoms with Gasteiger partial charge >= 0.3 is 0 Å². The summed E-state index contributed by atoms with van der Waals surface area (Å²) in [5.74, 6) is -0.597. The van der Waals surface area contributed by atoms with E-state index in [0.29, 0.717) is 40.0 Å². The summed E-state index contributed by atoms with van der Waals surface area (Å²) in [4.78, 5) is 28.4. The van der Waals surface area contributed by atoms with Gasteiger partial charge in [-0.1, -0.05) is 83.3 Å². The van der Waals surface area contributed by atoms with E-state index in [0.717, 1.165) is 9.87 Å². The summed E-state index contributed by atoms with van der Waals surface area (Å²) in [6, 6.07) is 26.9. The first-order chi connectivity index (χ1) is 21.1. The van der Waals surface area contributed by atoms with E-state index in [4.69, 9.17) is 39.5 Å². The zero-order valence-corrected chi connectivity index (χ0v) is 26.4. The summed E-state index contributed by atoms with van der Waals surface area (Å²) in [7, 11) is -4.20. The number of hydrogen-bond acceptors (Lipinski definition) is 5. The van der Waals surface area contributed by atoms with Crippen LogP contribution in [0.2, 0.25) is 15.1 Å². The molecule has 0 saturated heterocycles. The van der Waals surface area contributed by atoms with Crippen LogP contribution in [0.25, 0.3) is 0 Å². The molecule has 1 aliphatic rings. The van der Waals surface area contributed by atoms with Gasteiger partial charge in [-0.25, -0.2) is 8.42 Å². The minimum absolute atomic E-state index is 0.0437. The van der Waals surface area contributed by atoms with Crippen molar-refractivity contribution in [2.75, 3.05) is 24.5 Å². The molecule has 0 saturated carbocycles. The van der Waals surface area contributed by atoms with Gasteiger partial charge in [-0.05, 0) is 66.1 Å². The maximum Gasteiger partial charge on any atom is 0.262 e. The number of hydrogen-bond donors (Lipinski definition) is 1. The Labute approximate surface area is 271 Å². The van der Waals surface area contributed by atoms with Crippen LogP contribution in [0.1, 0.15) is 11.1 Å². The van der Waals surface area contributed by atoms with Crippen molar-refractivity contribution in [3.8, 4) is 5.75 Å². The number of amides is 2. The Bertz CT molecular complexity index is 1750. The van der Waals surface area contributed by atoms with E-state index in [2.05, 4.69) is 5.32 Å². The van der Waals surface area contributed by atoms with Gasteiger partial charge in [-0.15, -0.1) is 0 Å². The summed E-state index contributed by atoms with van der Waals surface area (Å²) in [6.07, 6.45) is -0.375. The van der Waals surface area contributed by atoms with Gasteiger partial charge in [0.1, 0.15) is 5.75 Å². The highest BCUT2D eigenvalue weighted by Gasteiger charge is 2.36. The number of anilines is 1. The average Bonchev–Trinajstić information content (AvgIpc) is 3.02. The van der Waals surface area contributed by atoms with Crippen LogP contribution < -0.4 is 15.0 Å². The van der Waals surface area contributed by atoms with Gasteiger partial charge in [0.05, 0.1) is 23.7 Å². The van der Waals surface area contributed by atoms with E-state index in [9.17, 15) is 18.0 Å². The monoisotopic (exact) mass is 671 g/mol. The lowest BCUT2D eigenvalue weighted by Crippen LogP contribution is -2.53. The molecule has 1 atom stereocenters. The maximum atomic E-state index is 14.0. The number of para-hydroxylation sites is 2. The molecule has 4 aromatic carbocycles. The second-order valence-corrected chi connectivity index (χ2v) is 13.3. The first-order valence-corrected chi connectivity index (χ1v) is 16.3. The quantitative estimate of drug-likeness (QED) is 0.223. The van der Waals surface area contributed by atoms with Gasteiger partial charge < -0.3 is 15.0 Å². The van der Waals surface area contributed by atoms with Crippen LogP contribution in [0.4, 0.5) is 5.69 Å². The van der Waals surface area contributed by atoms with E-state index in [1.807, 2.05) is 30.3 Å². The number of rotatable bonds is 10. The number of sulfonamides is 1. The molecule has 0 spiro atoms. The Hall–Kier alpha value is -3.60. The predicted molar refractivity (Wildman–Crippen MR) is 172 cm³/mol. The molecule has 0 radical (unpaired) electrons. The van der Waals surface area contributed by atoms with E-state index >= 15 is 0 Å². The number of carbonyl (C=O) groups is 2. The second-order valence-electron chi connectivity index (χ2n) is 10.1. The van der Waals surface area contributed by atoms with Crippen molar-refractivity contribution in [2.24, 2.45) is 0 Å². The number of benzene rings is 4. The molecule has 228 valence electrons. The first-order valence-electron chi connectivity index (χ1n) is 13.7. The molecular weight excluding hydrogens is 645 g/mol. The SMILES string of the molecule is O=C(NCCc1ccccc1)C1CN(C(=O)CN(Cc2ccc(Cl)cc2Cl)S(=O)(=O)c2ccc(Cl)cc2)c2ccccc2O1. The molecule has 1 heterocycles. The second kappa shape index (κ2) is 14.0. The molecule has 0 bridgehead atoms. The zero-order valence-electron chi connectivity index (χ0n) is 23.3. The van der Waals surface area contributed by atoms with E-state index in [-0.39, 0.29) is 28.9 Å². The lowest BCUT2D eigenvalue weighted by Gasteiger charge is -2.35. The lowest BCUT2D eigenvalue weighted by molar-refractivity contribution is -0.128. The predicted octanol–water partition coefficient (Wildman–Crippen LogP) is 5.99. The summed E-state index contributed by atoms with van der Waals surface area (Å²) in [5.41, 5.74) is 1.96. The maximum absolute atomic E-state index is 14.0. The smallest absolute Gasteiger partial charge is 0.262 e. The Kier molecular flexibility index (Phi) is 10.1. The van der Waals surface area contributed by atoms with Crippen LogP contribution in [-0.4, -0.2) is 50.3 Å². The van der Waals surface area contributed by atoms with Crippen molar-refractivity contribution in [3.05, 3.63) is 123 Å². The molecule has 5 rings (SSSR count). The number of halogens is 3. The molecule has 0 fully saturated rings. The highest BCUT2D eigenvalue weighted by molar-refractivity contribution is 7.89. The highest BCUT2D eigenvalue weighted by atomic mass is 35.5. The fraction of sp³-hybridized carbons (Fsp3) is 0.188. The molecular formula is C32H28Cl3N3O5S. The first kappa shape index (κ1) is 31.8. The minimum Gasteiger partial charge on any atom is -0.477 e. The molecule has 0 aromatic heterocycles. The topological polar surface area (TPSA) is 96.0 Å². The molecule has 0 aliphatic carbocycles. The minimum atomic E-state index is -4.20. The van der Waals surface area contributed by atoms with Gasteiger partial charge in [0.25, 0.3) is 5.91 Å². The van der Waals surface area contributed by atoms with Gasteiger partial charge in [0.15, 0.2) is 6.10 Å². The van der Waals surface area contributed by atoms with Crippen molar-refractivity contribution in [1.82, 2.24) is 9.62 Å². The molecule has 4 aromatic rings. The molecule has 2 amide bonds.